The van der Waals surface area contributed by atoms with E-state index in [-0.39, 0.29) is 18.9 Å². The Kier molecular flexibility index (Phi) is 4.01. The molecule has 8 nitrogen and oxygen atoms in total. The maximum absolute atomic E-state index is 13.3. The first-order chi connectivity index (χ1) is 14.1. The summed E-state index contributed by atoms with van der Waals surface area (Å²) in [5.74, 6) is 1.77. The second-order valence-electron chi connectivity index (χ2n) is 7.76. The van der Waals surface area contributed by atoms with Crippen LogP contribution in [0, 0.1) is 11.8 Å². The van der Waals surface area contributed by atoms with Gasteiger partial charge >= 0.3 is 0 Å². The lowest BCUT2D eigenvalue weighted by Gasteiger charge is -2.25. The number of amides is 1. The number of rotatable bonds is 5. The third-order valence-corrected chi connectivity index (χ3v) is 6.16. The fraction of sp³-hybridized carbons (Fsp3) is 0.333. The summed E-state index contributed by atoms with van der Waals surface area (Å²) in [7, 11) is 1.86. The Hall–Kier alpha value is -3.42. The topological polar surface area (TPSA) is 87.1 Å². The van der Waals surface area contributed by atoms with Gasteiger partial charge in [-0.05, 0) is 12.1 Å². The molecule has 0 radical (unpaired) electrons. The van der Waals surface area contributed by atoms with Gasteiger partial charge in [-0.15, -0.1) is 6.58 Å². The lowest BCUT2D eigenvalue weighted by Crippen LogP contribution is -2.37. The molecule has 1 aliphatic carbocycles. The van der Waals surface area contributed by atoms with Crippen molar-refractivity contribution in [1.29, 1.82) is 0 Å². The average molecular weight is 392 g/mol. The SMILES string of the molecule is C=CCn1cc(C(=O)N(C)C2C3CN(c4ccncn4)CC32)c2cc[nH]c2c1=O.[HH]. The van der Waals surface area contributed by atoms with Crippen molar-refractivity contribution in [2.45, 2.75) is 12.6 Å². The van der Waals surface area contributed by atoms with Crippen LogP contribution in [0.5, 0.6) is 0 Å². The first-order valence-corrected chi connectivity index (χ1v) is 9.69. The molecule has 5 rings (SSSR count). The second kappa shape index (κ2) is 6.58. The molecule has 29 heavy (non-hydrogen) atoms. The molecular formula is C21H24N6O2. The third-order valence-electron chi connectivity index (χ3n) is 6.16. The molecule has 1 N–H and O–H groups in total. The first-order valence-electron chi connectivity index (χ1n) is 9.69. The summed E-state index contributed by atoms with van der Waals surface area (Å²) in [6.07, 6.45) is 8.32. The van der Waals surface area contributed by atoms with Crippen LogP contribution in [-0.2, 0) is 6.54 Å². The van der Waals surface area contributed by atoms with E-state index in [1.807, 2.05) is 18.0 Å². The highest BCUT2D eigenvalue weighted by atomic mass is 16.2. The monoisotopic (exact) mass is 392 g/mol. The van der Waals surface area contributed by atoms with E-state index in [4.69, 9.17) is 0 Å². The number of aromatic nitrogens is 4. The molecule has 4 heterocycles. The number of hydrogen-bond donors (Lipinski definition) is 1. The number of H-pyrrole nitrogens is 1. The number of nitrogens with zero attached hydrogens (tertiary/aromatic N) is 5. The zero-order chi connectivity index (χ0) is 20.1. The molecule has 2 unspecified atom stereocenters. The number of fused-ring (bicyclic) bond motifs is 2. The fourth-order valence-corrected chi connectivity index (χ4v) is 4.70. The summed E-state index contributed by atoms with van der Waals surface area (Å²) in [5, 5.41) is 0.667. The number of anilines is 1. The van der Waals surface area contributed by atoms with Gasteiger partial charge in [0.05, 0.1) is 5.56 Å². The standard InChI is InChI=1S/C21H22N6O2.H2/c1-3-8-26-11-16(13-4-7-23-18(13)21(26)29)20(28)25(2)19-14-9-27(10-15(14)19)17-5-6-22-12-24-17;/h3-7,11-12,14-15,19,23H,1,8-10H2,2H3;1H. The Morgan fingerprint density at radius 1 is 1.41 bits per heavy atom. The molecule has 0 bridgehead atoms. The van der Waals surface area contributed by atoms with E-state index >= 15 is 0 Å². The Bertz CT molecular complexity index is 1150. The van der Waals surface area contributed by atoms with Crippen LogP contribution in [0.25, 0.3) is 10.9 Å². The summed E-state index contributed by atoms with van der Waals surface area (Å²) < 4.78 is 1.53. The van der Waals surface area contributed by atoms with Crippen LogP contribution in [0.3, 0.4) is 0 Å². The molecule has 3 aromatic rings. The Labute approximate surface area is 169 Å². The molecule has 1 saturated heterocycles. The van der Waals surface area contributed by atoms with Crippen molar-refractivity contribution in [3.05, 3.63) is 65.6 Å². The van der Waals surface area contributed by atoms with Gasteiger partial charge in [-0.25, -0.2) is 9.97 Å². The zero-order valence-corrected chi connectivity index (χ0v) is 16.2. The van der Waals surface area contributed by atoms with Crippen molar-refractivity contribution < 1.29 is 6.22 Å². The maximum Gasteiger partial charge on any atom is 0.275 e. The van der Waals surface area contributed by atoms with Gasteiger partial charge in [0.1, 0.15) is 17.7 Å². The Balaban J connectivity index is 0.00000218. The van der Waals surface area contributed by atoms with Crippen molar-refractivity contribution in [1.82, 2.24) is 24.4 Å². The average Bonchev–Trinajstić information content (AvgIpc) is 3.11. The Morgan fingerprint density at radius 2 is 2.21 bits per heavy atom. The molecule has 1 amide bonds. The van der Waals surface area contributed by atoms with Crippen molar-refractivity contribution in [3.63, 3.8) is 0 Å². The lowest BCUT2D eigenvalue weighted by atomic mass is 10.1. The molecule has 3 aromatic heterocycles. The van der Waals surface area contributed by atoms with Gasteiger partial charge in [0.2, 0.25) is 0 Å². The van der Waals surface area contributed by atoms with Gasteiger partial charge in [-0.3, -0.25) is 9.59 Å². The number of hydrogen-bond acceptors (Lipinski definition) is 5. The van der Waals surface area contributed by atoms with Gasteiger partial charge in [0.25, 0.3) is 11.5 Å². The van der Waals surface area contributed by atoms with Crippen molar-refractivity contribution >= 4 is 22.6 Å². The molecule has 0 aromatic carbocycles. The van der Waals surface area contributed by atoms with Crippen LogP contribution in [0.2, 0.25) is 0 Å². The van der Waals surface area contributed by atoms with Crippen LogP contribution in [0.1, 0.15) is 11.8 Å². The number of carbonyl (C=O) groups excluding carboxylic acids is 1. The molecule has 0 spiro atoms. The minimum atomic E-state index is -0.145. The summed E-state index contributed by atoms with van der Waals surface area (Å²) >= 11 is 0. The summed E-state index contributed by atoms with van der Waals surface area (Å²) in [6, 6.07) is 3.93. The quantitative estimate of drug-likeness (QED) is 0.669. The van der Waals surface area contributed by atoms with Crippen LogP contribution >= 0.6 is 0 Å². The van der Waals surface area contributed by atoms with E-state index in [1.54, 1.807) is 37.1 Å². The number of pyridine rings is 1. The normalized spacial score (nSPS) is 22.5. The van der Waals surface area contributed by atoms with E-state index in [0.717, 1.165) is 18.9 Å². The molecule has 2 fully saturated rings. The summed E-state index contributed by atoms with van der Waals surface area (Å²) in [5.41, 5.74) is 0.854. The lowest BCUT2D eigenvalue weighted by molar-refractivity contribution is 0.0771. The predicted octanol–water partition coefficient (Wildman–Crippen LogP) is 1.76. The van der Waals surface area contributed by atoms with E-state index in [1.165, 1.54) is 4.57 Å². The highest BCUT2D eigenvalue weighted by Crippen LogP contribution is 2.49. The molecule has 150 valence electrons. The number of piperidine rings is 1. The third kappa shape index (κ3) is 2.74. The van der Waals surface area contributed by atoms with Gasteiger partial charge < -0.3 is 19.4 Å². The van der Waals surface area contributed by atoms with Gasteiger partial charge in [-0.2, -0.15) is 0 Å². The largest absolute Gasteiger partial charge is 0.357 e. The highest BCUT2D eigenvalue weighted by Gasteiger charge is 2.59. The minimum absolute atomic E-state index is 0. The Morgan fingerprint density at radius 3 is 2.90 bits per heavy atom. The number of allylic oxidation sites excluding steroid dienone is 1. The second-order valence-corrected chi connectivity index (χ2v) is 7.76. The molecule has 2 aliphatic rings. The van der Waals surface area contributed by atoms with Gasteiger partial charge in [-0.1, -0.05) is 6.08 Å². The van der Waals surface area contributed by atoms with Crippen LogP contribution in [0.15, 0.2) is 54.5 Å². The maximum atomic E-state index is 13.3. The van der Waals surface area contributed by atoms with E-state index in [9.17, 15) is 9.59 Å². The minimum Gasteiger partial charge on any atom is -0.357 e. The molecule has 8 heteroatoms. The molecule has 1 aliphatic heterocycles. The zero-order valence-electron chi connectivity index (χ0n) is 16.2. The predicted molar refractivity (Wildman–Crippen MR) is 112 cm³/mol. The van der Waals surface area contributed by atoms with Crippen molar-refractivity contribution in [2.75, 3.05) is 25.0 Å². The molecular weight excluding hydrogens is 368 g/mol. The van der Waals surface area contributed by atoms with Gasteiger partial charge in [0, 0.05) is 70.0 Å². The van der Waals surface area contributed by atoms with Gasteiger partial charge in [0.15, 0.2) is 0 Å². The van der Waals surface area contributed by atoms with Crippen molar-refractivity contribution in [2.24, 2.45) is 11.8 Å². The van der Waals surface area contributed by atoms with E-state index < -0.39 is 0 Å². The first kappa shape index (κ1) is 17.7. The van der Waals surface area contributed by atoms with E-state index in [2.05, 4.69) is 26.4 Å². The number of carbonyl (C=O) groups is 1. The van der Waals surface area contributed by atoms with Crippen molar-refractivity contribution in [3.8, 4) is 0 Å². The highest BCUT2D eigenvalue weighted by molar-refractivity contribution is 6.06. The number of nitrogens with one attached hydrogen (secondary N) is 1. The van der Waals surface area contributed by atoms with Crippen LogP contribution in [0.4, 0.5) is 5.82 Å². The fourth-order valence-electron chi connectivity index (χ4n) is 4.70. The van der Waals surface area contributed by atoms with Crippen LogP contribution < -0.4 is 10.5 Å². The number of aromatic amines is 1. The molecule has 2 atom stereocenters. The summed E-state index contributed by atoms with van der Waals surface area (Å²) in [4.78, 5) is 41.2. The summed E-state index contributed by atoms with van der Waals surface area (Å²) in [6.45, 7) is 5.84. The van der Waals surface area contributed by atoms with E-state index in [0.29, 0.717) is 34.8 Å². The van der Waals surface area contributed by atoms with Crippen LogP contribution in [-0.4, -0.2) is 56.5 Å². The smallest absolute Gasteiger partial charge is 0.275 e. The molecule has 1 saturated carbocycles.